The minimum absolute atomic E-state index is 0.0473. The second-order valence-electron chi connectivity index (χ2n) is 6.56. The van der Waals surface area contributed by atoms with Crippen LogP contribution >= 0.6 is 11.3 Å². The van der Waals surface area contributed by atoms with Crippen molar-refractivity contribution in [3.63, 3.8) is 0 Å². The smallest absolute Gasteiger partial charge is 0.318 e. The number of rotatable bonds is 5. The van der Waals surface area contributed by atoms with Crippen molar-refractivity contribution in [1.82, 2.24) is 14.8 Å². The molecule has 0 spiro atoms. The summed E-state index contributed by atoms with van der Waals surface area (Å²) in [5.41, 5.74) is 3.38. The van der Waals surface area contributed by atoms with Crippen LogP contribution in [0.5, 0.6) is 0 Å². The van der Waals surface area contributed by atoms with Gasteiger partial charge in [0.05, 0.1) is 17.9 Å². The van der Waals surface area contributed by atoms with Gasteiger partial charge in [0.25, 0.3) is 0 Å². The third kappa shape index (κ3) is 3.50. The number of carbonyl (C=O) groups excluding carboxylic acids is 1. The monoisotopic (exact) mass is 381 g/mol. The van der Waals surface area contributed by atoms with E-state index in [-0.39, 0.29) is 12.1 Å². The van der Waals surface area contributed by atoms with E-state index in [4.69, 9.17) is 4.74 Å². The summed E-state index contributed by atoms with van der Waals surface area (Å²) < 4.78 is 7.29. The van der Waals surface area contributed by atoms with Crippen LogP contribution in [0.4, 0.5) is 4.79 Å². The molecule has 0 saturated heterocycles. The third-order valence-corrected chi connectivity index (χ3v) is 5.76. The second kappa shape index (κ2) is 7.98. The normalized spacial score (nSPS) is 15.7. The summed E-state index contributed by atoms with van der Waals surface area (Å²) in [6.07, 6.45) is 2.88. The number of nitrogens with zero attached hydrogens (tertiary/aromatic N) is 2. The molecule has 2 aromatic heterocycles. The predicted octanol–water partition coefficient (Wildman–Crippen LogP) is 4.19. The van der Waals surface area contributed by atoms with Gasteiger partial charge in [-0.05, 0) is 41.6 Å². The largest absolute Gasteiger partial charge is 0.385 e. The van der Waals surface area contributed by atoms with Crippen molar-refractivity contribution in [2.75, 3.05) is 20.3 Å². The number of aromatic nitrogens is 1. The summed E-state index contributed by atoms with van der Waals surface area (Å²) in [5.74, 6) is 0. The zero-order chi connectivity index (χ0) is 18.6. The van der Waals surface area contributed by atoms with Crippen molar-refractivity contribution in [3.05, 3.63) is 76.2 Å². The van der Waals surface area contributed by atoms with E-state index in [0.717, 1.165) is 28.2 Å². The molecule has 0 radical (unpaired) electrons. The molecule has 1 aromatic carbocycles. The summed E-state index contributed by atoms with van der Waals surface area (Å²) >= 11 is 1.68. The fourth-order valence-corrected chi connectivity index (χ4v) is 4.45. The molecule has 3 aromatic rings. The Labute approximate surface area is 163 Å². The Bertz CT molecular complexity index is 904. The summed E-state index contributed by atoms with van der Waals surface area (Å²) in [5, 5.41) is 5.13. The van der Waals surface area contributed by atoms with Crippen molar-refractivity contribution < 1.29 is 9.53 Å². The SMILES string of the molecule is COCCCNC(=O)N1Cc2ccccc2-n2cccc2C1c1cccs1. The highest BCUT2D eigenvalue weighted by Crippen LogP contribution is 2.38. The molecule has 2 amide bonds. The molecule has 6 heteroatoms. The molecule has 27 heavy (non-hydrogen) atoms. The van der Waals surface area contributed by atoms with Gasteiger partial charge in [-0.3, -0.25) is 0 Å². The topological polar surface area (TPSA) is 46.5 Å². The number of hydrogen-bond donors (Lipinski definition) is 1. The van der Waals surface area contributed by atoms with E-state index in [1.807, 2.05) is 29.2 Å². The van der Waals surface area contributed by atoms with Crippen molar-refractivity contribution in [2.45, 2.75) is 19.0 Å². The Morgan fingerprint density at radius 2 is 2.11 bits per heavy atom. The van der Waals surface area contributed by atoms with E-state index >= 15 is 0 Å². The lowest BCUT2D eigenvalue weighted by molar-refractivity contribution is 0.175. The first-order valence-electron chi connectivity index (χ1n) is 9.12. The number of ether oxygens (including phenoxy) is 1. The molecule has 1 N–H and O–H groups in total. The minimum atomic E-state index is -0.116. The lowest BCUT2D eigenvalue weighted by Gasteiger charge is -2.30. The van der Waals surface area contributed by atoms with Gasteiger partial charge in [0, 0.05) is 31.3 Å². The maximum atomic E-state index is 13.1. The van der Waals surface area contributed by atoms with Gasteiger partial charge in [0.15, 0.2) is 0 Å². The minimum Gasteiger partial charge on any atom is -0.385 e. The number of thiophene rings is 1. The van der Waals surface area contributed by atoms with E-state index < -0.39 is 0 Å². The third-order valence-electron chi connectivity index (χ3n) is 4.84. The quantitative estimate of drug-likeness (QED) is 0.674. The van der Waals surface area contributed by atoms with Gasteiger partial charge >= 0.3 is 6.03 Å². The van der Waals surface area contributed by atoms with Crippen LogP contribution in [0.3, 0.4) is 0 Å². The van der Waals surface area contributed by atoms with E-state index in [0.29, 0.717) is 19.7 Å². The maximum absolute atomic E-state index is 13.1. The molecular formula is C21H23N3O2S. The lowest BCUT2D eigenvalue weighted by Crippen LogP contribution is -2.42. The Hall–Kier alpha value is -2.57. The summed E-state index contributed by atoms with van der Waals surface area (Å²) in [6, 6.07) is 16.4. The number of hydrogen-bond acceptors (Lipinski definition) is 3. The van der Waals surface area contributed by atoms with Crippen LogP contribution < -0.4 is 5.32 Å². The summed E-state index contributed by atoms with van der Waals surface area (Å²) in [6.45, 7) is 1.81. The first kappa shape index (κ1) is 17.8. The molecule has 0 aliphatic carbocycles. The van der Waals surface area contributed by atoms with Gasteiger partial charge in [0.2, 0.25) is 0 Å². The first-order chi connectivity index (χ1) is 13.3. The Morgan fingerprint density at radius 3 is 2.93 bits per heavy atom. The van der Waals surface area contributed by atoms with Gasteiger partial charge in [0.1, 0.15) is 6.04 Å². The van der Waals surface area contributed by atoms with Crippen LogP contribution in [0.2, 0.25) is 0 Å². The molecule has 0 bridgehead atoms. The Balaban J connectivity index is 1.73. The van der Waals surface area contributed by atoms with Crippen LogP contribution in [0.1, 0.15) is 28.6 Å². The zero-order valence-electron chi connectivity index (χ0n) is 15.3. The summed E-state index contributed by atoms with van der Waals surface area (Å²) in [7, 11) is 1.68. The van der Waals surface area contributed by atoms with Crippen molar-refractivity contribution >= 4 is 17.4 Å². The van der Waals surface area contributed by atoms with Gasteiger partial charge in [-0.15, -0.1) is 11.3 Å². The Kier molecular flexibility index (Phi) is 5.27. The molecule has 4 rings (SSSR count). The number of urea groups is 1. The van der Waals surface area contributed by atoms with E-state index in [2.05, 4.69) is 45.7 Å². The number of amides is 2. The van der Waals surface area contributed by atoms with Crippen LogP contribution in [0.15, 0.2) is 60.1 Å². The first-order valence-corrected chi connectivity index (χ1v) is 10.00. The van der Waals surface area contributed by atoms with Gasteiger partial charge in [-0.2, -0.15) is 0 Å². The molecule has 0 saturated carbocycles. The van der Waals surface area contributed by atoms with Crippen LogP contribution in [0, 0.1) is 0 Å². The van der Waals surface area contributed by atoms with E-state index in [1.54, 1.807) is 18.4 Å². The van der Waals surface area contributed by atoms with Crippen molar-refractivity contribution in [2.24, 2.45) is 0 Å². The fourth-order valence-electron chi connectivity index (χ4n) is 3.60. The standard InChI is InChI=1S/C21H23N3O2S/c1-26-13-6-11-22-21(25)24-15-16-7-2-3-8-17(16)23-12-4-9-18(23)20(24)19-10-5-14-27-19/h2-5,7-10,12,14,20H,6,11,13,15H2,1H3,(H,22,25). The molecule has 3 heterocycles. The highest BCUT2D eigenvalue weighted by Gasteiger charge is 2.33. The summed E-state index contributed by atoms with van der Waals surface area (Å²) in [4.78, 5) is 16.2. The molecule has 1 aliphatic rings. The number of carbonyl (C=O) groups is 1. The maximum Gasteiger partial charge on any atom is 0.318 e. The van der Waals surface area contributed by atoms with Crippen LogP contribution in [-0.4, -0.2) is 35.8 Å². The number of benzene rings is 1. The lowest BCUT2D eigenvalue weighted by atomic mass is 10.1. The number of nitrogens with one attached hydrogen (secondary N) is 1. The van der Waals surface area contributed by atoms with Crippen LogP contribution in [0.25, 0.3) is 5.69 Å². The molecule has 1 aliphatic heterocycles. The molecule has 0 fully saturated rings. The number of methoxy groups -OCH3 is 1. The van der Waals surface area contributed by atoms with Crippen LogP contribution in [-0.2, 0) is 11.3 Å². The molecule has 5 nitrogen and oxygen atoms in total. The number of fused-ring (bicyclic) bond motifs is 3. The predicted molar refractivity (Wildman–Crippen MR) is 107 cm³/mol. The highest BCUT2D eigenvalue weighted by atomic mass is 32.1. The zero-order valence-corrected chi connectivity index (χ0v) is 16.1. The van der Waals surface area contributed by atoms with Gasteiger partial charge < -0.3 is 19.5 Å². The van der Waals surface area contributed by atoms with Gasteiger partial charge in [-0.25, -0.2) is 4.79 Å². The second-order valence-corrected chi connectivity index (χ2v) is 7.54. The Morgan fingerprint density at radius 1 is 1.22 bits per heavy atom. The molecule has 140 valence electrons. The number of para-hydroxylation sites is 1. The van der Waals surface area contributed by atoms with Gasteiger partial charge in [-0.1, -0.05) is 24.3 Å². The molecular weight excluding hydrogens is 358 g/mol. The average molecular weight is 382 g/mol. The molecule has 1 atom stereocenters. The fraction of sp³-hybridized carbons (Fsp3) is 0.286. The van der Waals surface area contributed by atoms with Crippen molar-refractivity contribution in [1.29, 1.82) is 0 Å². The van der Waals surface area contributed by atoms with E-state index in [1.165, 1.54) is 0 Å². The molecule has 1 unspecified atom stereocenters. The highest BCUT2D eigenvalue weighted by molar-refractivity contribution is 7.10. The van der Waals surface area contributed by atoms with E-state index in [9.17, 15) is 4.79 Å². The average Bonchev–Trinajstić information content (AvgIpc) is 3.36. The van der Waals surface area contributed by atoms with Crippen molar-refractivity contribution in [3.8, 4) is 5.69 Å².